The summed E-state index contributed by atoms with van der Waals surface area (Å²) in [5, 5.41) is 21.2. The largest absolute Gasteiger partial charge is 0.387 e. The van der Waals surface area contributed by atoms with Crippen molar-refractivity contribution in [2.75, 3.05) is 6.61 Å². The predicted octanol–water partition coefficient (Wildman–Crippen LogP) is 1.39. The molecule has 0 aliphatic carbocycles. The van der Waals surface area contributed by atoms with Crippen LogP contribution >= 0.6 is 27.5 Å². The SMILES string of the molecule is O=c1[nH]c(=O)n([C@@H]2O[C@H](COCc3cccc(Cl)c3)[C@@H](O)[C@@H]2O)cc1C=CBr. The summed E-state index contributed by atoms with van der Waals surface area (Å²) < 4.78 is 12.2. The number of halogens is 2. The number of ether oxygens (including phenoxy) is 2. The summed E-state index contributed by atoms with van der Waals surface area (Å²) in [6.45, 7) is 0.236. The van der Waals surface area contributed by atoms with E-state index in [1.165, 1.54) is 17.3 Å². The van der Waals surface area contributed by atoms with Crippen LogP contribution in [-0.4, -0.2) is 44.7 Å². The number of nitrogens with one attached hydrogen (secondary N) is 1. The van der Waals surface area contributed by atoms with E-state index in [0.717, 1.165) is 10.1 Å². The maximum Gasteiger partial charge on any atom is 0.330 e. The summed E-state index contributed by atoms with van der Waals surface area (Å²) in [5.41, 5.74) is -0.303. The molecule has 2 heterocycles. The highest BCUT2D eigenvalue weighted by Gasteiger charge is 2.44. The minimum atomic E-state index is -1.37. The Bertz CT molecular complexity index is 975. The van der Waals surface area contributed by atoms with Gasteiger partial charge >= 0.3 is 5.69 Å². The average molecular weight is 474 g/mol. The molecule has 1 aliphatic heterocycles. The Morgan fingerprint density at radius 1 is 1.32 bits per heavy atom. The summed E-state index contributed by atoms with van der Waals surface area (Å²) in [6, 6.07) is 7.14. The second-order valence-electron chi connectivity index (χ2n) is 6.23. The fourth-order valence-corrected chi connectivity index (χ4v) is 3.39. The third-order valence-electron chi connectivity index (χ3n) is 4.29. The molecular formula is C18H18BrClN2O6. The quantitative estimate of drug-likeness (QED) is 0.584. The predicted molar refractivity (Wildman–Crippen MR) is 106 cm³/mol. The van der Waals surface area contributed by atoms with Crippen molar-refractivity contribution in [1.29, 1.82) is 0 Å². The molecule has 0 saturated carbocycles. The molecule has 1 fully saturated rings. The minimum Gasteiger partial charge on any atom is -0.387 e. The number of H-pyrrole nitrogens is 1. The van der Waals surface area contributed by atoms with Crippen molar-refractivity contribution in [3.63, 3.8) is 0 Å². The molecule has 1 aromatic carbocycles. The number of benzene rings is 1. The maximum absolute atomic E-state index is 12.1. The van der Waals surface area contributed by atoms with Gasteiger partial charge in [-0.1, -0.05) is 39.7 Å². The highest BCUT2D eigenvalue weighted by Crippen LogP contribution is 2.28. The Labute approximate surface area is 173 Å². The van der Waals surface area contributed by atoms with Crippen molar-refractivity contribution in [2.24, 2.45) is 0 Å². The van der Waals surface area contributed by atoms with Crippen LogP contribution in [0.5, 0.6) is 0 Å². The topological polar surface area (TPSA) is 114 Å². The molecule has 10 heteroatoms. The van der Waals surface area contributed by atoms with E-state index in [2.05, 4.69) is 20.9 Å². The summed E-state index contributed by atoms with van der Waals surface area (Å²) in [5.74, 6) is 0. The van der Waals surface area contributed by atoms with E-state index >= 15 is 0 Å². The molecule has 2 aromatic rings. The fourth-order valence-electron chi connectivity index (χ4n) is 2.89. The van der Waals surface area contributed by atoms with Crippen molar-refractivity contribution < 1.29 is 19.7 Å². The van der Waals surface area contributed by atoms with Crippen molar-refractivity contribution in [3.05, 3.63) is 72.4 Å². The molecule has 28 heavy (non-hydrogen) atoms. The van der Waals surface area contributed by atoms with E-state index < -0.39 is 35.8 Å². The van der Waals surface area contributed by atoms with Crippen molar-refractivity contribution in [3.8, 4) is 0 Å². The van der Waals surface area contributed by atoms with E-state index in [-0.39, 0.29) is 18.8 Å². The Morgan fingerprint density at radius 2 is 2.11 bits per heavy atom. The molecule has 3 rings (SSSR count). The second-order valence-corrected chi connectivity index (χ2v) is 7.20. The zero-order chi connectivity index (χ0) is 20.3. The lowest BCUT2D eigenvalue weighted by atomic mass is 10.1. The average Bonchev–Trinajstić information content (AvgIpc) is 2.93. The lowest BCUT2D eigenvalue weighted by molar-refractivity contribution is -0.0711. The van der Waals surface area contributed by atoms with E-state index in [4.69, 9.17) is 21.1 Å². The molecular weight excluding hydrogens is 456 g/mol. The van der Waals surface area contributed by atoms with Crippen molar-refractivity contribution in [1.82, 2.24) is 9.55 Å². The van der Waals surface area contributed by atoms with E-state index in [0.29, 0.717) is 5.02 Å². The first-order valence-electron chi connectivity index (χ1n) is 8.36. The molecule has 1 aliphatic rings. The Balaban J connectivity index is 1.71. The van der Waals surface area contributed by atoms with Crippen LogP contribution in [0.1, 0.15) is 17.4 Å². The van der Waals surface area contributed by atoms with Gasteiger partial charge in [-0.05, 0) is 28.8 Å². The molecule has 0 spiro atoms. The van der Waals surface area contributed by atoms with Crippen LogP contribution in [0.15, 0.2) is 45.0 Å². The number of aromatic nitrogens is 2. The van der Waals surface area contributed by atoms with Gasteiger partial charge in [-0.2, -0.15) is 0 Å². The Morgan fingerprint density at radius 3 is 2.82 bits per heavy atom. The highest BCUT2D eigenvalue weighted by molar-refractivity contribution is 9.11. The number of aliphatic hydroxyl groups excluding tert-OH is 2. The lowest BCUT2D eigenvalue weighted by Gasteiger charge is -2.17. The number of hydrogen-bond donors (Lipinski definition) is 3. The standard InChI is InChI=1S/C18H18BrClN2O6/c19-5-4-11-7-22(18(26)21-16(11)25)17-15(24)14(23)13(28-17)9-27-8-10-2-1-3-12(20)6-10/h1-7,13-15,17,23-24H,8-9H2,(H,21,25,26)/t13-,14-,15+,17-/m1/s1. The molecule has 0 amide bonds. The van der Waals surface area contributed by atoms with Crippen LogP contribution in [-0.2, 0) is 16.1 Å². The van der Waals surface area contributed by atoms with E-state index in [1.807, 2.05) is 6.07 Å². The van der Waals surface area contributed by atoms with Gasteiger partial charge in [0, 0.05) is 11.2 Å². The van der Waals surface area contributed by atoms with Gasteiger partial charge in [-0.15, -0.1) is 0 Å². The molecule has 150 valence electrons. The van der Waals surface area contributed by atoms with Crippen molar-refractivity contribution in [2.45, 2.75) is 31.1 Å². The first kappa shape index (κ1) is 21.0. The highest BCUT2D eigenvalue weighted by atomic mass is 79.9. The number of rotatable bonds is 6. The zero-order valence-corrected chi connectivity index (χ0v) is 16.8. The minimum absolute atomic E-state index is 0.00644. The van der Waals surface area contributed by atoms with E-state index in [1.54, 1.807) is 18.2 Å². The maximum atomic E-state index is 12.1. The van der Waals surface area contributed by atoms with Gasteiger partial charge in [0.2, 0.25) is 0 Å². The summed E-state index contributed by atoms with van der Waals surface area (Å²) in [4.78, 5) is 27.5. The fraction of sp³-hybridized carbons (Fsp3) is 0.333. The Kier molecular flexibility index (Phi) is 6.86. The first-order chi connectivity index (χ1) is 13.4. The number of aliphatic hydroxyl groups is 2. The van der Waals surface area contributed by atoms with Gasteiger partial charge in [0.15, 0.2) is 6.23 Å². The molecule has 0 bridgehead atoms. The van der Waals surface area contributed by atoms with Crippen LogP contribution in [0.3, 0.4) is 0 Å². The van der Waals surface area contributed by atoms with Crippen LogP contribution in [0.25, 0.3) is 6.08 Å². The van der Waals surface area contributed by atoms with Crippen LogP contribution in [0, 0.1) is 0 Å². The van der Waals surface area contributed by atoms with Gasteiger partial charge in [-0.3, -0.25) is 14.3 Å². The van der Waals surface area contributed by atoms with Gasteiger partial charge < -0.3 is 19.7 Å². The smallest absolute Gasteiger partial charge is 0.330 e. The summed E-state index contributed by atoms with van der Waals surface area (Å²) in [6.07, 6.45) is -1.95. The number of aromatic amines is 1. The molecule has 1 saturated heterocycles. The van der Waals surface area contributed by atoms with E-state index in [9.17, 15) is 19.8 Å². The molecule has 1 aromatic heterocycles. The molecule has 8 nitrogen and oxygen atoms in total. The molecule has 4 atom stereocenters. The third-order valence-corrected chi connectivity index (χ3v) is 4.79. The summed E-state index contributed by atoms with van der Waals surface area (Å²) >= 11 is 8.99. The lowest BCUT2D eigenvalue weighted by Crippen LogP contribution is -2.38. The third kappa shape index (κ3) is 4.62. The first-order valence-corrected chi connectivity index (χ1v) is 9.66. The Hall–Kier alpha value is -1.75. The zero-order valence-electron chi connectivity index (χ0n) is 14.5. The van der Waals surface area contributed by atoms with Crippen LogP contribution in [0.4, 0.5) is 0 Å². The number of hydrogen-bond acceptors (Lipinski definition) is 6. The monoisotopic (exact) mass is 472 g/mol. The number of nitrogens with zero attached hydrogens (tertiary/aromatic N) is 1. The van der Waals surface area contributed by atoms with Gasteiger partial charge in [0.05, 0.1) is 18.8 Å². The molecule has 3 N–H and O–H groups in total. The van der Waals surface area contributed by atoms with Crippen molar-refractivity contribution >= 4 is 33.6 Å². The van der Waals surface area contributed by atoms with Gasteiger partial charge in [0.25, 0.3) is 5.56 Å². The molecule has 0 radical (unpaired) electrons. The normalized spacial score (nSPS) is 24.9. The van der Waals surface area contributed by atoms with Crippen LogP contribution in [0.2, 0.25) is 5.02 Å². The summed E-state index contributed by atoms with van der Waals surface area (Å²) in [7, 11) is 0. The van der Waals surface area contributed by atoms with Gasteiger partial charge in [-0.25, -0.2) is 4.79 Å². The second kappa shape index (κ2) is 9.17. The molecule has 0 unspecified atom stereocenters. The van der Waals surface area contributed by atoms with Gasteiger partial charge in [0.1, 0.15) is 18.3 Å². The van der Waals surface area contributed by atoms with Crippen LogP contribution < -0.4 is 11.2 Å².